The predicted molar refractivity (Wildman–Crippen MR) is 134 cm³/mol. The van der Waals surface area contributed by atoms with Crippen molar-refractivity contribution in [3.05, 3.63) is 95.3 Å². The molecule has 2 heterocycles. The number of esters is 1. The highest BCUT2D eigenvalue weighted by molar-refractivity contribution is 8.16. The summed E-state index contributed by atoms with van der Waals surface area (Å²) >= 11 is 0.644. The van der Waals surface area contributed by atoms with Gasteiger partial charge in [-0.15, -0.1) is 0 Å². The summed E-state index contributed by atoms with van der Waals surface area (Å²) in [5, 5.41) is 1.62. The minimum atomic E-state index is -1.69. The molecule has 1 aromatic heterocycles. The van der Waals surface area contributed by atoms with Crippen molar-refractivity contribution in [1.82, 2.24) is 10.3 Å². The van der Waals surface area contributed by atoms with Gasteiger partial charge in [0.15, 0.2) is 5.78 Å². The van der Waals surface area contributed by atoms with Crippen molar-refractivity contribution in [2.24, 2.45) is 0 Å². The number of thioether (sulfide) groups is 1. The Bertz CT molecular complexity index is 1260. The molecule has 1 fully saturated rings. The van der Waals surface area contributed by atoms with E-state index in [-0.39, 0.29) is 18.8 Å². The number of nitrogens with one attached hydrogen (secondary N) is 1. The van der Waals surface area contributed by atoms with Gasteiger partial charge in [0.05, 0.1) is 6.61 Å². The molecule has 1 atom stereocenters. The first-order valence-corrected chi connectivity index (χ1v) is 12.1. The van der Waals surface area contributed by atoms with Gasteiger partial charge < -0.3 is 9.47 Å². The molecule has 1 aliphatic rings. The third-order valence-electron chi connectivity index (χ3n) is 5.63. The first kappa shape index (κ1) is 25.1. The van der Waals surface area contributed by atoms with Crippen LogP contribution in [0, 0.1) is 0 Å². The number of imide groups is 1. The Hall–Kier alpha value is -3.98. The molecule has 1 unspecified atom stereocenters. The maximum Gasteiger partial charge on any atom is 0.333 e. The minimum Gasteiger partial charge on any atom is -0.493 e. The SMILES string of the molecule is CC(=O)c1ccc(CCOc2ccc(CC3(C(=O)OCc4ccccc4)SC(=O)NC3=O)cc2)nc1. The summed E-state index contributed by atoms with van der Waals surface area (Å²) in [7, 11) is 0. The Kier molecular flexibility index (Phi) is 7.80. The molecular weight excluding hydrogens is 480 g/mol. The van der Waals surface area contributed by atoms with Gasteiger partial charge in [-0.25, -0.2) is 4.79 Å². The summed E-state index contributed by atoms with van der Waals surface area (Å²) in [6.45, 7) is 1.88. The molecule has 0 spiro atoms. The number of amides is 2. The van der Waals surface area contributed by atoms with Crippen molar-refractivity contribution < 1.29 is 28.7 Å². The lowest BCUT2D eigenvalue weighted by molar-refractivity contribution is -0.150. The molecule has 0 aliphatic carbocycles. The summed E-state index contributed by atoms with van der Waals surface area (Å²) in [5.41, 5.74) is 2.83. The largest absolute Gasteiger partial charge is 0.493 e. The maximum absolute atomic E-state index is 13.0. The molecule has 0 saturated carbocycles. The third-order valence-corrected chi connectivity index (χ3v) is 6.76. The van der Waals surface area contributed by atoms with E-state index >= 15 is 0 Å². The van der Waals surface area contributed by atoms with Crippen molar-refractivity contribution in [3.8, 4) is 5.75 Å². The number of hydrogen-bond donors (Lipinski definition) is 1. The molecule has 0 radical (unpaired) electrons. The Balaban J connectivity index is 1.37. The Morgan fingerprint density at radius 3 is 2.33 bits per heavy atom. The average Bonchev–Trinajstić information content (AvgIpc) is 3.17. The highest BCUT2D eigenvalue weighted by atomic mass is 32.2. The predicted octanol–water partition coefficient (Wildman–Crippen LogP) is 3.91. The number of pyridine rings is 1. The van der Waals surface area contributed by atoms with E-state index in [9.17, 15) is 19.2 Å². The van der Waals surface area contributed by atoms with E-state index in [1.165, 1.54) is 6.92 Å². The number of ketones is 1. The summed E-state index contributed by atoms with van der Waals surface area (Å²) in [6, 6.07) is 19.6. The number of benzene rings is 2. The van der Waals surface area contributed by atoms with E-state index in [4.69, 9.17) is 9.47 Å². The Morgan fingerprint density at radius 2 is 1.72 bits per heavy atom. The molecule has 1 saturated heterocycles. The molecule has 0 bridgehead atoms. The van der Waals surface area contributed by atoms with E-state index in [1.807, 2.05) is 30.3 Å². The van der Waals surface area contributed by atoms with Crippen molar-refractivity contribution in [1.29, 1.82) is 0 Å². The standard InChI is InChI=1S/C27H24N2O6S/c1-18(30)21-9-10-22(28-16-21)13-14-34-23-11-7-19(8-12-23)15-27(24(31)29-26(33)36-27)25(32)35-17-20-5-3-2-4-6-20/h2-12,16H,13-15,17H2,1H3,(H,29,31,33). The van der Waals surface area contributed by atoms with Crippen molar-refractivity contribution in [2.75, 3.05) is 6.61 Å². The normalized spacial score (nSPS) is 16.9. The highest BCUT2D eigenvalue weighted by Gasteiger charge is 2.55. The van der Waals surface area contributed by atoms with Crippen LogP contribution in [-0.2, 0) is 33.8 Å². The smallest absolute Gasteiger partial charge is 0.333 e. The zero-order chi connectivity index (χ0) is 25.5. The van der Waals surface area contributed by atoms with Crippen molar-refractivity contribution >= 4 is 34.7 Å². The van der Waals surface area contributed by atoms with Crippen LogP contribution in [0.2, 0.25) is 0 Å². The molecule has 1 N–H and O–H groups in total. The topological polar surface area (TPSA) is 112 Å². The Morgan fingerprint density at radius 1 is 0.972 bits per heavy atom. The number of nitrogens with zero attached hydrogens (tertiary/aromatic N) is 1. The maximum atomic E-state index is 13.0. The van der Waals surface area contributed by atoms with Gasteiger partial charge in [-0.3, -0.25) is 24.7 Å². The summed E-state index contributed by atoms with van der Waals surface area (Å²) in [4.78, 5) is 53.2. The number of carbonyl (C=O) groups excluding carboxylic acids is 4. The molecule has 4 rings (SSSR count). The van der Waals surface area contributed by atoms with Crippen LogP contribution in [-0.4, -0.2) is 39.2 Å². The lowest BCUT2D eigenvalue weighted by Crippen LogP contribution is -2.46. The fourth-order valence-electron chi connectivity index (χ4n) is 3.63. The van der Waals surface area contributed by atoms with E-state index in [0.717, 1.165) is 11.3 Å². The van der Waals surface area contributed by atoms with Crippen LogP contribution in [0.5, 0.6) is 5.75 Å². The van der Waals surface area contributed by atoms with E-state index in [1.54, 1.807) is 42.6 Å². The van der Waals surface area contributed by atoms with Gasteiger partial charge in [0, 0.05) is 30.3 Å². The van der Waals surface area contributed by atoms with Gasteiger partial charge in [0.25, 0.3) is 11.1 Å². The van der Waals surface area contributed by atoms with Crippen LogP contribution in [0.3, 0.4) is 0 Å². The molecule has 2 aromatic carbocycles. The zero-order valence-corrected chi connectivity index (χ0v) is 20.4. The first-order valence-electron chi connectivity index (χ1n) is 11.3. The number of rotatable bonds is 10. The van der Waals surface area contributed by atoms with Gasteiger partial charge in [0.2, 0.25) is 4.75 Å². The van der Waals surface area contributed by atoms with Gasteiger partial charge in [-0.05, 0) is 54.1 Å². The molecule has 2 amide bonds. The van der Waals surface area contributed by atoms with Crippen LogP contribution >= 0.6 is 11.8 Å². The quantitative estimate of drug-likeness (QED) is 0.251. The molecule has 1 aliphatic heterocycles. The zero-order valence-electron chi connectivity index (χ0n) is 19.6. The minimum absolute atomic E-state index is 0.00255. The summed E-state index contributed by atoms with van der Waals surface area (Å²) in [6.07, 6.45) is 2.11. The van der Waals surface area contributed by atoms with Gasteiger partial charge in [-0.2, -0.15) is 0 Å². The van der Waals surface area contributed by atoms with Crippen molar-refractivity contribution in [2.45, 2.75) is 31.1 Å². The van der Waals surface area contributed by atoms with E-state index in [2.05, 4.69) is 10.3 Å². The van der Waals surface area contributed by atoms with Gasteiger partial charge in [0.1, 0.15) is 12.4 Å². The first-order chi connectivity index (χ1) is 17.4. The second kappa shape index (κ2) is 11.2. The van der Waals surface area contributed by atoms with Crippen LogP contribution in [0.4, 0.5) is 4.79 Å². The van der Waals surface area contributed by atoms with E-state index < -0.39 is 21.9 Å². The fraction of sp³-hybridized carbons (Fsp3) is 0.222. The lowest BCUT2D eigenvalue weighted by atomic mass is 9.97. The van der Waals surface area contributed by atoms with Gasteiger partial charge >= 0.3 is 5.97 Å². The van der Waals surface area contributed by atoms with Crippen LogP contribution in [0.15, 0.2) is 72.9 Å². The molecule has 3 aromatic rings. The number of carbonyl (C=O) groups is 4. The van der Waals surface area contributed by atoms with Crippen molar-refractivity contribution in [3.63, 3.8) is 0 Å². The summed E-state index contributed by atoms with van der Waals surface area (Å²) in [5.74, 6) is -0.864. The molecule has 184 valence electrons. The monoisotopic (exact) mass is 504 g/mol. The summed E-state index contributed by atoms with van der Waals surface area (Å²) < 4.78 is 9.51. The third kappa shape index (κ3) is 5.98. The van der Waals surface area contributed by atoms with Gasteiger partial charge in [-0.1, -0.05) is 42.5 Å². The van der Waals surface area contributed by atoms with E-state index in [0.29, 0.717) is 41.7 Å². The van der Waals surface area contributed by atoms with Crippen LogP contribution in [0.1, 0.15) is 34.1 Å². The highest BCUT2D eigenvalue weighted by Crippen LogP contribution is 2.37. The second-order valence-electron chi connectivity index (χ2n) is 8.25. The molecule has 36 heavy (non-hydrogen) atoms. The van der Waals surface area contributed by atoms with Crippen LogP contribution in [0.25, 0.3) is 0 Å². The second-order valence-corrected chi connectivity index (χ2v) is 9.52. The average molecular weight is 505 g/mol. The number of hydrogen-bond acceptors (Lipinski definition) is 8. The lowest BCUT2D eigenvalue weighted by Gasteiger charge is -2.22. The Labute approximate surface area is 212 Å². The number of Topliss-reactive ketones (excluding diaryl/α,β-unsaturated/α-hetero) is 1. The molecule has 8 nitrogen and oxygen atoms in total. The molecule has 9 heteroatoms. The van der Waals surface area contributed by atoms with Crippen LogP contribution < -0.4 is 10.1 Å². The number of aromatic nitrogens is 1. The fourth-order valence-corrected chi connectivity index (χ4v) is 4.62. The molecular formula is C27H24N2O6S. The number of ether oxygens (including phenoxy) is 2.